The van der Waals surface area contributed by atoms with Crippen LogP contribution in [0.3, 0.4) is 0 Å². The number of rotatable bonds is 5. The summed E-state index contributed by atoms with van der Waals surface area (Å²) in [5.41, 5.74) is 0.299. The molecule has 0 aliphatic carbocycles. The fourth-order valence-electron chi connectivity index (χ4n) is 2.94. The second kappa shape index (κ2) is 7.08. The Morgan fingerprint density at radius 3 is 2.48 bits per heavy atom. The number of nitro groups is 1. The first kappa shape index (κ1) is 19.0. The molecule has 1 aliphatic heterocycles. The van der Waals surface area contributed by atoms with Gasteiger partial charge in [0.05, 0.1) is 0 Å². The highest BCUT2D eigenvalue weighted by atomic mass is 32.2. The first-order valence-electron chi connectivity index (χ1n) is 8.07. The molecule has 1 amide bonds. The van der Waals surface area contributed by atoms with E-state index in [0.717, 1.165) is 0 Å². The number of amides is 1. The predicted molar refractivity (Wildman–Crippen MR) is 90.2 cm³/mol. The molecule has 2 aromatic rings. The molecule has 3 heterocycles. The lowest BCUT2D eigenvalue weighted by atomic mass is 10.3. The van der Waals surface area contributed by atoms with E-state index in [1.807, 2.05) is 0 Å². The van der Waals surface area contributed by atoms with Crippen molar-refractivity contribution >= 4 is 21.7 Å². The summed E-state index contributed by atoms with van der Waals surface area (Å²) in [5, 5.41) is 14.3. The van der Waals surface area contributed by atoms with E-state index in [2.05, 4.69) is 10.1 Å². The lowest BCUT2D eigenvalue weighted by Crippen LogP contribution is -2.51. The van der Waals surface area contributed by atoms with Crippen LogP contribution in [0, 0.1) is 24.0 Å². The summed E-state index contributed by atoms with van der Waals surface area (Å²) in [6.07, 6.45) is 2.39. The van der Waals surface area contributed by atoms with Crippen LogP contribution in [0.25, 0.3) is 0 Å². The minimum Gasteiger partial charge on any atom is -0.360 e. The second-order valence-electron chi connectivity index (χ2n) is 6.10. The van der Waals surface area contributed by atoms with Crippen molar-refractivity contribution in [2.45, 2.75) is 25.3 Å². The first-order valence-corrected chi connectivity index (χ1v) is 9.51. The smallest absolute Gasteiger partial charge is 0.360 e. The largest absolute Gasteiger partial charge is 0.381 e. The molecule has 1 fully saturated rings. The number of sulfonamides is 1. The summed E-state index contributed by atoms with van der Waals surface area (Å²) in [5.74, 6) is -0.373. The monoisotopic (exact) mass is 398 g/mol. The van der Waals surface area contributed by atoms with E-state index in [9.17, 15) is 23.3 Å². The first-order chi connectivity index (χ1) is 12.7. The molecule has 0 spiro atoms. The van der Waals surface area contributed by atoms with Crippen molar-refractivity contribution < 1.29 is 22.7 Å². The van der Waals surface area contributed by atoms with Gasteiger partial charge in [0.25, 0.3) is 0 Å². The Bertz CT molecular complexity index is 953. The quantitative estimate of drug-likeness (QED) is 0.503. The summed E-state index contributed by atoms with van der Waals surface area (Å²) < 4.78 is 33.1. The maximum Gasteiger partial charge on any atom is 0.381 e. The van der Waals surface area contributed by atoms with Gasteiger partial charge in [0.2, 0.25) is 22.3 Å². The molecule has 0 bridgehead atoms. The number of carbonyl (C=O) groups excluding carboxylic acids is 1. The van der Waals surface area contributed by atoms with Crippen LogP contribution >= 0.6 is 0 Å². The highest BCUT2D eigenvalue weighted by molar-refractivity contribution is 7.89. The van der Waals surface area contributed by atoms with Crippen LogP contribution in [0.2, 0.25) is 0 Å². The molecular weight excluding hydrogens is 380 g/mol. The Morgan fingerprint density at radius 1 is 1.30 bits per heavy atom. The minimum absolute atomic E-state index is 0.0630. The maximum atomic E-state index is 12.8. The lowest BCUT2D eigenvalue weighted by molar-refractivity contribution is -0.389. The highest BCUT2D eigenvalue weighted by Crippen LogP contribution is 2.24. The molecule has 2 aromatic heterocycles. The fourth-order valence-corrected chi connectivity index (χ4v) is 4.65. The summed E-state index contributed by atoms with van der Waals surface area (Å²) in [6, 6.07) is 0. The van der Waals surface area contributed by atoms with Gasteiger partial charge in [-0.05, 0) is 23.8 Å². The average Bonchev–Trinajstić information content (AvgIpc) is 3.22. The Balaban J connectivity index is 1.63. The van der Waals surface area contributed by atoms with Crippen molar-refractivity contribution in [2.24, 2.45) is 0 Å². The average molecular weight is 398 g/mol. The standard InChI is InChI=1S/C14H18N6O6S/c1-10-14(11(2)26-16-10)27(24,25)19-5-3-18(4-6-19)13(21)8-17-7-12(15-9-17)20(22)23/h7,9H,3-6,8H2,1-2H3. The number of piperazine rings is 1. The van der Waals surface area contributed by atoms with Crippen LogP contribution < -0.4 is 0 Å². The molecule has 0 atom stereocenters. The Kier molecular flexibility index (Phi) is 4.97. The molecule has 13 heteroatoms. The van der Waals surface area contributed by atoms with Gasteiger partial charge in [0.15, 0.2) is 5.76 Å². The van der Waals surface area contributed by atoms with Crippen molar-refractivity contribution in [2.75, 3.05) is 26.2 Å². The van der Waals surface area contributed by atoms with Crippen molar-refractivity contribution in [3.63, 3.8) is 0 Å². The highest BCUT2D eigenvalue weighted by Gasteiger charge is 2.34. The molecule has 0 aromatic carbocycles. The number of aryl methyl sites for hydroxylation is 2. The van der Waals surface area contributed by atoms with Crippen molar-refractivity contribution in [1.29, 1.82) is 0 Å². The van der Waals surface area contributed by atoms with Gasteiger partial charge < -0.3 is 24.1 Å². The molecule has 27 heavy (non-hydrogen) atoms. The molecule has 1 aliphatic rings. The van der Waals surface area contributed by atoms with Crippen molar-refractivity contribution in [1.82, 2.24) is 23.9 Å². The van der Waals surface area contributed by atoms with Gasteiger partial charge in [0.1, 0.15) is 23.3 Å². The van der Waals surface area contributed by atoms with Crippen molar-refractivity contribution in [3.05, 3.63) is 34.1 Å². The predicted octanol–water partition coefficient (Wildman–Crippen LogP) is -0.0708. The molecule has 146 valence electrons. The molecule has 0 N–H and O–H groups in total. The molecule has 0 radical (unpaired) electrons. The van der Waals surface area contributed by atoms with Crippen LogP contribution in [0.1, 0.15) is 11.5 Å². The third kappa shape index (κ3) is 3.68. The number of nitrogens with zero attached hydrogens (tertiary/aromatic N) is 6. The number of hydrogen-bond acceptors (Lipinski definition) is 8. The number of aromatic nitrogens is 3. The molecule has 3 rings (SSSR count). The summed E-state index contributed by atoms with van der Waals surface area (Å²) >= 11 is 0. The fraction of sp³-hybridized carbons (Fsp3) is 0.500. The van der Waals surface area contributed by atoms with Crippen molar-refractivity contribution in [3.8, 4) is 0 Å². The normalized spacial score (nSPS) is 15.9. The molecular formula is C14H18N6O6S. The Hall–Kier alpha value is -2.80. The van der Waals surface area contributed by atoms with E-state index >= 15 is 0 Å². The van der Waals surface area contributed by atoms with Gasteiger partial charge >= 0.3 is 5.82 Å². The molecule has 1 saturated heterocycles. The zero-order chi connectivity index (χ0) is 19.8. The van der Waals surface area contributed by atoms with Gasteiger partial charge in [-0.3, -0.25) is 4.79 Å². The van der Waals surface area contributed by atoms with Crippen LogP contribution in [0.4, 0.5) is 5.82 Å². The third-order valence-corrected chi connectivity index (χ3v) is 6.43. The SMILES string of the molecule is Cc1noc(C)c1S(=O)(=O)N1CCN(C(=O)Cn2cnc([N+](=O)[O-])c2)CC1. The van der Waals surface area contributed by atoms with Crippen LogP contribution in [0.15, 0.2) is 21.9 Å². The second-order valence-corrected chi connectivity index (χ2v) is 7.97. The van der Waals surface area contributed by atoms with Gasteiger partial charge in [-0.15, -0.1) is 0 Å². The van der Waals surface area contributed by atoms with E-state index in [1.54, 1.807) is 6.92 Å². The third-order valence-electron chi connectivity index (χ3n) is 4.28. The summed E-state index contributed by atoms with van der Waals surface area (Å²) in [7, 11) is -3.75. The van der Waals surface area contributed by atoms with E-state index in [1.165, 1.54) is 33.2 Å². The van der Waals surface area contributed by atoms with E-state index in [0.29, 0.717) is 5.69 Å². The van der Waals surface area contributed by atoms with E-state index in [-0.39, 0.29) is 55.1 Å². The van der Waals surface area contributed by atoms with Crippen LogP contribution in [-0.4, -0.2) is 69.3 Å². The maximum absolute atomic E-state index is 12.8. The van der Waals surface area contributed by atoms with E-state index in [4.69, 9.17) is 4.52 Å². The lowest BCUT2D eigenvalue weighted by Gasteiger charge is -2.33. The minimum atomic E-state index is -3.75. The molecule has 12 nitrogen and oxygen atoms in total. The van der Waals surface area contributed by atoms with Crippen LogP contribution in [-0.2, 0) is 21.4 Å². The zero-order valence-corrected chi connectivity index (χ0v) is 15.5. The Morgan fingerprint density at radius 2 is 1.96 bits per heavy atom. The molecule has 0 saturated carbocycles. The molecule has 0 unspecified atom stereocenters. The van der Waals surface area contributed by atoms with Crippen LogP contribution in [0.5, 0.6) is 0 Å². The van der Waals surface area contributed by atoms with Gasteiger partial charge in [-0.2, -0.15) is 4.31 Å². The topological polar surface area (TPSA) is 145 Å². The summed E-state index contributed by atoms with van der Waals surface area (Å²) in [4.78, 5) is 27.5. The van der Waals surface area contributed by atoms with Gasteiger partial charge in [-0.25, -0.2) is 8.42 Å². The number of hydrogen-bond donors (Lipinski definition) is 0. The van der Waals surface area contributed by atoms with Gasteiger partial charge in [0, 0.05) is 26.2 Å². The van der Waals surface area contributed by atoms with Gasteiger partial charge in [-0.1, -0.05) is 5.16 Å². The van der Waals surface area contributed by atoms with E-state index < -0.39 is 14.9 Å². The summed E-state index contributed by atoms with van der Waals surface area (Å²) in [6.45, 7) is 3.72. The zero-order valence-electron chi connectivity index (χ0n) is 14.7. The Labute approximate surface area is 154 Å². The number of imidazole rings is 1. The number of carbonyl (C=O) groups is 1.